The molecule has 1 aromatic carbocycles. The first-order valence-corrected chi connectivity index (χ1v) is 10.5. The molecule has 0 unspecified atom stereocenters. The summed E-state index contributed by atoms with van der Waals surface area (Å²) in [6.45, 7) is 1.52. The van der Waals surface area contributed by atoms with E-state index >= 15 is 0 Å². The Balaban J connectivity index is 0.00000181. The van der Waals surface area contributed by atoms with Crippen molar-refractivity contribution in [3.8, 4) is 0 Å². The standard InChI is InChI=1S/C21H21FN6OS.3ClH/c22-14-5-3-10-24-17(14)11-25-21(29)18-13-30-20(28-18)8-4-9-23-12-19-26-15-6-1-2-7-16(15)27-19;;;/h1-3,5-7,10,13,23H,4,8-9,11-12H2,(H,25,29)(H,26,27);3*1H. The summed E-state index contributed by atoms with van der Waals surface area (Å²) in [5, 5.41) is 8.64. The average Bonchev–Trinajstić information content (AvgIpc) is 3.39. The number of hydrogen-bond acceptors (Lipinski definition) is 6. The van der Waals surface area contributed by atoms with Crippen molar-refractivity contribution in [1.82, 2.24) is 30.6 Å². The number of aromatic nitrogens is 4. The Labute approximate surface area is 213 Å². The fourth-order valence-corrected chi connectivity index (χ4v) is 3.81. The Morgan fingerprint density at radius 1 is 1.06 bits per heavy atom. The zero-order chi connectivity index (χ0) is 20.8. The minimum Gasteiger partial charge on any atom is -0.345 e. The molecule has 0 saturated carbocycles. The van der Waals surface area contributed by atoms with Crippen LogP contribution >= 0.6 is 48.6 Å². The minimum atomic E-state index is -0.438. The number of aromatic amines is 1. The number of fused-ring (bicyclic) bond motifs is 1. The van der Waals surface area contributed by atoms with Gasteiger partial charge in [0.25, 0.3) is 5.91 Å². The lowest BCUT2D eigenvalue weighted by Gasteiger charge is -2.03. The number of hydrogen-bond donors (Lipinski definition) is 3. The van der Waals surface area contributed by atoms with Crippen LogP contribution in [0.1, 0.15) is 33.4 Å². The van der Waals surface area contributed by atoms with Crippen LogP contribution in [0.25, 0.3) is 11.0 Å². The first kappa shape index (κ1) is 28.7. The third kappa shape index (κ3) is 7.90. The Hall–Kier alpha value is -2.30. The number of rotatable bonds is 9. The lowest BCUT2D eigenvalue weighted by atomic mass is 10.3. The van der Waals surface area contributed by atoms with Crippen molar-refractivity contribution in [1.29, 1.82) is 0 Å². The molecule has 0 aliphatic heterocycles. The van der Waals surface area contributed by atoms with Crippen LogP contribution in [0, 0.1) is 5.82 Å². The highest BCUT2D eigenvalue weighted by atomic mass is 35.5. The molecule has 1 amide bonds. The van der Waals surface area contributed by atoms with E-state index in [1.165, 1.54) is 29.7 Å². The number of benzene rings is 1. The van der Waals surface area contributed by atoms with E-state index in [4.69, 9.17) is 0 Å². The van der Waals surface area contributed by atoms with Crippen molar-refractivity contribution < 1.29 is 9.18 Å². The van der Waals surface area contributed by atoms with E-state index in [2.05, 4.69) is 30.6 Å². The highest BCUT2D eigenvalue weighted by Crippen LogP contribution is 2.13. The second kappa shape index (κ2) is 14.1. The number of thiazole rings is 1. The summed E-state index contributed by atoms with van der Waals surface area (Å²) in [5.41, 5.74) is 2.56. The van der Waals surface area contributed by atoms with Gasteiger partial charge in [-0.3, -0.25) is 9.78 Å². The van der Waals surface area contributed by atoms with Crippen LogP contribution in [0.2, 0.25) is 0 Å². The summed E-state index contributed by atoms with van der Waals surface area (Å²) in [6, 6.07) is 10.8. The van der Waals surface area contributed by atoms with Gasteiger partial charge in [-0.1, -0.05) is 12.1 Å². The van der Waals surface area contributed by atoms with Gasteiger partial charge in [-0.25, -0.2) is 14.4 Å². The highest BCUT2D eigenvalue weighted by Gasteiger charge is 2.12. The van der Waals surface area contributed by atoms with Crippen LogP contribution in [0.5, 0.6) is 0 Å². The molecule has 0 bridgehead atoms. The Morgan fingerprint density at radius 2 is 1.88 bits per heavy atom. The Morgan fingerprint density at radius 3 is 2.67 bits per heavy atom. The van der Waals surface area contributed by atoms with Crippen molar-refractivity contribution in [2.75, 3.05) is 6.54 Å². The van der Waals surface area contributed by atoms with Crippen molar-refractivity contribution in [3.63, 3.8) is 0 Å². The molecule has 4 rings (SSSR count). The van der Waals surface area contributed by atoms with Crippen LogP contribution < -0.4 is 10.6 Å². The molecule has 3 aromatic heterocycles. The van der Waals surface area contributed by atoms with Gasteiger partial charge in [-0.2, -0.15) is 0 Å². The molecule has 0 aliphatic rings. The molecule has 3 heterocycles. The molecule has 0 atom stereocenters. The molecule has 12 heteroatoms. The van der Waals surface area contributed by atoms with Crippen molar-refractivity contribution >= 4 is 65.5 Å². The van der Waals surface area contributed by atoms with Crippen LogP contribution in [-0.4, -0.2) is 32.4 Å². The lowest BCUT2D eigenvalue weighted by molar-refractivity contribution is 0.0945. The zero-order valence-electron chi connectivity index (χ0n) is 17.4. The van der Waals surface area contributed by atoms with Gasteiger partial charge < -0.3 is 15.6 Å². The van der Waals surface area contributed by atoms with E-state index in [9.17, 15) is 9.18 Å². The van der Waals surface area contributed by atoms with Crippen LogP contribution in [0.15, 0.2) is 48.0 Å². The first-order chi connectivity index (χ1) is 14.7. The molecular weight excluding hydrogens is 510 g/mol. The highest BCUT2D eigenvalue weighted by molar-refractivity contribution is 7.09. The summed E-state index contributed by atoms with van der Waals surface area (Å²) >= 11 is 1.45. The number of imidazole rings is 1. The summed E-state index contributed by atoms with van der Waals surface area (Å²) in [5.74, 6) is 0.145. The van der Waals surface area contributed by atoms with Gasteiger partial charge in [0.1, 0.15) is 17.3 Å². The van der Waals surface area contributed by atoms with Gasteiger partial charge in [0.05, 0.1) is 34.8 Å². The second-order valence-corrected chi connectivity index (χ2v) is 7.66. The normalized spacial score (nSPS) is 10.1. The number of aryl methyl sites for hydroxylation is 1. The molecule has 33 heavy (non-hydrogen) atoms. The number of carbonyl (C=O) groups is 1. The maximum atomic E-state index is 13.6. The zero-order valence-corrected chi connectivity index (χ0v) is 20.7. The SMILES string of the molecule is Cl.Cl.Cl.O=C(NCc1ncccc1F)c1csc(CCCNCc2nc3ccccc3[nH]2)n1. The predicted octanol–water partition coefficient (Wildman–Crippen LogP) is 4.47. The van der Waals surface area contributed by atoms with Gasteiger partial charge in [-0.05, 0) is 37.2 Å². The molecule has 0 radical (unpaired) electrons. The van der Waals surface area contributed by atoms with Crippen LogP contribution in [0.3, 0.4) is 0 Å². The summed E-state index contributed by atoms with van der Waals surface area (Å²) in [4.78, 5) is 28.3. The largest absolute Gasteiger partial charge is 0.345 e. The fourth-order valence-electron chi connectivity index (χ4n) is 2.99. The van der Waals surface area contributed by atoms with Gasteiger partial charge in [0.15, 0.2) is 0 Å². The van der Waals surface area contributed by atoms with Crippen molar-refractivity contribution in [3.05, 3.63) is 76.0 Å². The van der Waals surface area contributed by atoms with Gasteiger partial charge in [0, 0.05) is 18.0 Å². The maximum Gasteiger partial charge on any atom is 0.271 e. The molecule has 0 spiro atoms. The smallest absolute Gasteiger partial charge is 0.271 e. The van der Waals surface area contributed by atoms with E-state index in [1.54, 1.807) is 5.38 Å². The molecule has 0 saturated heterocycles. The number of carbonyl (C=O) groups excluding carboxylic acids is 1. The Bertz CT molecular complexity index is 1120. The molecular formula is C21H24Cl3FN6OS. The second-order valence-electron chi connectivity index (χ2n) is 6.72. The minimum absolute atomic E-state index is 0. The average molecular weight is 534 g/mol. The molecule has 7 nitrogen and oxygen atoms in total. The summed E-state index contributed by atoms with van der Waals surface area (Å²) < 4.78 is 13.6. The number of amides is 1. The van der Waals surface area contributed by atoms with E-state index < -0.39 is 5.82 Å². The molecule has 0 fully saturated rings. The fraction of sp³-hybridized carbons (Fsp3) is 0.238. The van der Waals surface area contributed by atoms with E-state index in [1.807, 2.05) is 24.3 Å². The van der Waals surface area contributed by atoms with Crippen molar-refractivity contribution in [2.45, 2.75) is 25.9 Å². The van der Waals surface area contributed by atoms with E-state index in [0.29, 0.717) is 12.2 Å². The Kier molecular flexibility index (Phi) is 12.2. The topological polar surface area (TPSA) is 95.6 Å². The predicted molar refractivity (Wildman–Crippen MR) is 135 cm³/mol. The number of para-hydroxylation sites is 2. The quantitative estimate of drug-likeness (QED) is 0.276. The number of nitrogens with one attached hydrogen (secondary N) is 3. The monoisotopic (exact) mass is 532 g/mol. The van der Waals surface area contributed by atoms with Gasteiger partial charge >= 0.3 is 0 Å². The third-order valence-electron chi connectivity index (χ3n) is 4.51. The third-order valence-corrected chi connectivity index (χ3v) is 5.42. The molecule has 3 N–H and O–H groups in total. The number of nitrogens with zero attached hydrogens (tertiary/aromatic N) is 3. The maximum absolute atomic E-state index is 13.6. The molecule has 0 aliphatic carbocycles. The summed E-state index contributed by atoms with van der Waals surface area (Å²) in [7, 11) is 0. The van der Waals surface area contributed by atoms with Gasteiger partial charge in [0.2, 0.25) is 0 Å². The van der Waals surface area contributed by atoms with E-state index in [0.717, 1.165) is 41.3 Å². The van der Waals surface area contributed by atoms with Crippen LogP contribution in [-0.2, 0) is 19.5 Å². The van der Waals surface area contributed by atoms with Crippen LogP contribution in [0.4, 0.5) is 4.39 Å². The van der Waals surface area contributed by atoms with Crippen molar-refractivity contribution in [2.24, 2.45) is 0 Å². The first-order valence-electron chi connectivity index (χ1n) is 9.65. The van der Waals surface area contributed by atoms with E-state index in [-0.39, 0.29) is 55.4 Å². The number of pyridine rings is 1. The summed E-state index contributed by atoms with van der Waals surface area (Å²) in [6.07, 6.45) is 3.17. The molecule has 4 aromatic rings. The molecule has 178 valence electrons. The number of halogens is 4. The lowest BCUT2D eigenvalue weighted by Crippen LogP contribution is -2.24. The number of H-pyrrole nitrogens is 1. The van der Waals surface area contributed by atoms with Gasteiger partial charge in [-0.15, -0.1) is 48.6 Å².